The quantitative estimate of drug-likeness (QED) is 0.711. The van der Waals surface area contributed by atoms with Crippen molar-refractivity contribution in [2.24, 2.45) is 0 Å². The molecule has 0 radical (unpaired) electrons. The maximum Gasteiger partial charge on any atom is 0.212 e. The summed E-state index contributed by atoms with van der Waals surface area (Å²) in [5, 5.41) is 20.4. The molecule has 0 atom stereocenters. The summed E-state index contributed by atoms with van der Waals surface area (Å²) in [7, 11) is 0. The Morgan fingerprint density at radius 3 is 2.90 bits per heavy atom. The van der Waals surface area contributed by atoms with Crippen molar-refractivity contribution in [3.8, 4) is 10.8 Å². The number of anilines is 2. The predicted octanol–water partition coefficient (Wildman–Crippen LogP) is 2.77. The first-order chi connectivity index (χ1) is 9.72. The fraction of sp³-hybridized carbons (Fsp3) is 0.100. The molecule has 3 heterocycles. The van der Waals surface area contributed by atoms with Crippen molar-refractivity contribution < 1.29 is 4.42 Å². The standard InChI is InChI=1S/C10H8N6OS3/c1-5-7(20-16-13-5)11-9(18)12-10-15-14-8(19-10)6-3-2-4-17-6/h2-4H,1H3,(H2,11,12,15,18). The lowest BCUT2D eigenvalue weighted by molar-refractivity contribution is 0.581. The maximum atomic E-state index is 5.26. The predicted molar refractivity (Wildman–Crippen MR) is 82.1 cm³/mol. The number of thiocarbonyl (C=S) groups is 1. The number of furan rings is 1. The largest absolute Gasteiger partial charge is 0.462 e. The fourth-order valence-electron chi connectivity index (χ4n) is 1.35. The Hall–Kier alpha value is -1.91. The molecular weight excluding hydrogens is 316 g/mol. The first-order valence-electron chi connectivity index (χ1n) is 5.47. The summed E-state index contributed by atoms with van der Waals surface area (Å²) in [5.41, 5.74) is 0.799. The van der Waals surface area contributed by atoms with E-state index in [9.17, 15) is 0 Å². The van der Waals surface area contributed by atoms with Crippen molar-refractivity contribution in [2.45, 2.75) is 6.92 Å². The highest BCUT2D eigenvalue weighted by Crippen LogP contribution is 2.26. The third-order valence-corrected chi connectivity index (χ3v) is 4.06. The summed E-state index contributed by atoms with van der Waals surface area (Å²) in [4.78, 5) is 0. The Bertz CT molecular complexity index is 719. The lowest BCUT2D eigenvalue weighted by Crippen LogP contribution is -2.18. The SMILES string of the molecule is Cc1nnsc1NC(=S)Nc1nnc(-c2ccco2)s1. The Morgan fingerprint density at radius 1 is 1.30 bits per heavy atom. The van der Waals surface area contributed by atoms with Crippen molar-refractivity contribution in [3.63, 3.8) is 0 Å². The van der Waals surface area contributed by atoms with Gasteiger partial charge in [0.05, 0.1) is 12.0 Å². The van der Waals surface area contributed by atoms with Crippen LogP contribution in [0.3, 0.4) is 0 Å². The zero-order valence-electron chi connectivity index (χ0n) is 10.2. The molecule has 2 N–H and O–H groups in total. The normalized spacial score (nSPS) is 10.4. The van der Waals surface area contributed by atoms with Crippen molar-refractivity contribution in [1.29, 1.82) is 0 Å². The van der Waals surface area contributed by atoms with Gasteiger partial charge in [0, 0.05) is 11.5 Å². The highest BCUT2D eigenvalue weighted by Gasteiger charge is 2.11. The van der Waals surface area contributed by atoms with E-state index in [1.54, 1.807) is 12.3 Å². The number of aromatic nitrogens is 4. The topological polar surface area (TPSA) is 88.8 Å². The minimum atomic E-state index is 0.418. The molecule has 0 bridgehead atoms. The van der Waals surface area contributed by atoms with E-state index in [-0.39, 0.29) is 0 Å². The first kappa shape index (κ1) is 13.1. The van der Waals surface area contributed by atoms with Crippen LogP contribution in [0.2, 0.25) is 0 Å². The Kier molecular flexibility index (Phi) is 3.67. The van der Waals surface area contributed by atoms with Crippen LogP contribution < -0.4 is 10.6 Å². The van der Waals surface area contributed by atoms with Crippen molar-refractivity contribution in [2.75, 3.05) is 10.6 Å². The molecule has 20 heavy (non-hydrogen) atoms. The number of nitrogens with zero attached hydrogens (tertiary/aromatic N) is 4. The number of hydrogen-bond donors (Lipinski definition) is 2. The van der Waals surface area contributed by atoms with Crippen LogP contribution in [-0.4, -0.2) is 24.9 Å². The summed E-state index contributed by atoms with van der Waals surface area (Å²) in [5.74, 6) is 0.678. The molecule has 3 aromatic rings. The molecule has 0 amide bonds. The Morgan fingerprint density at radius 2 is 2.20 bits per heavy atom. The van der Waals surface area contributed by atoms with Crippen LogP contribution in [0, 0.1) is 6.92 Å². The van der Waals surface area contributed by atoms with Crippen LogP contribution in [0.15, 0.2) is 22.8 Å². The Balaban J connectivity index is 1.66. The molecular formula is C10H8N6OS3. The van der Waals surface area contributed by atoms with E-state index in [1.165, 1.54) is 22.9 Å². The molecule has 0 spiro atoms. The van der Waals surface area contributed by atoms with Gasteiger partial charge in [-0.25, -0.2) is 0 Å². The van der Waals surface area contributed by atoms with Crippen LogP contribution in [-0.2, 0) is 0 Å². The molecule has 0 aliphatic carbocycles. The first-order valence-corrected chi connectivity index (χ1v) is 7.46. The smallest absolute Gasteiger partial charge is 0.212 e. The van der Waals surface area contributed by atoms with Gasteiger partial charge in [-0.05, 0) is 31.3 Å². The molecule has 3 aromatic heterocycles. The summed E-state index contributed by atoms with van der Waals surface area (Å²) in [6, 6.07) is 3.63. The highest BCUT2D eigenvalue weighted by atomic mass is 32.1. The van der Waals surface area contributed by atoms with E-state index >= 15 is 0 Å². The highest BCUT2D eigenvalue weighted by molar-refractivity contribution is 7.80. The summed E-state index contributed by atoms with van der Waals surface area (Å²) >= 11 is 7.79. The fourth-order valence-corrected chi connectivity index (χ4v) is 2.96. The van der Waals surface area contributed by atoms with Gasteiger partial charge in [0.25, 0.3) is 0 Å². The second kappa shape index (κ2) is 5.61. The number of hydrogen-bond acceptors (Lipinski definition) is 8. The number of rotatable bonds is 3. The molecule has 10 heteroatoms. The molecule has 7 nitrogen and oxygen atoms in total. The molecule has 102 valence electrons. The molecule has 0 aliphatic heterocycles. The summed E-state index contributed by atoms with van der Waals surface area (Å²) in [6.45, 7) is 1.86. The van der Waals surface area contributed by atoms with Gasteiger partial charge in [0.15, 0.2) is 15.9 Å². The lowest BCUT2D eigenvalue weighted by atomic mass is 10.5. The van der Waals surface area contributed by atoms with Crippen molar-refractivity contribution in [3.05, 3.63) is 24.1 Å². The lowest BCUT2D eigenvalue weighted by Gasteiger charge is -2.04. The van der Waals surface area contributed by atoms with E-state index in [4.69, 9.17) is 16.6 Å². The summed E-state index contributed by atoms with van der Waals surface area (Å²) in [6.07, 6.45) is 1.59. The van der Waals surface area contributed by atoms with Crippen LogP contribution in [0.1, 0.15) is 5.69 Å². The van der Waals surface area contributed by atoms with Gasteiger partial charge < -0.3 is 15.1 Å². The van der Waals surface area contributed by atoms with E-state index in [1.807, 2.05) is 13.0 Å². The van der Waals surface area contributed by atoms with E-state index < -0.39 is 0 Å². The van der Waals surface area contributed by atoms with Gasteiger partial charge in [-0.1, -0.05) is 15.8 Å². The third-order valence-electron chi connectivity index (χ3n) is 2.26. The van der Waals surface area contributed by atoms with E-state index in [0.717, 1.165) is 10.7 Å². The van der Waals surface area contributed by atoms with E-state index in [0.29, 0.717) is 21.0 Å². The molecule has 0 fully saturated rings. The number of aryl methyl sites for hydroxylation is 1. The molecule has 0 aliphatic rings. The van der Waals surface area contributed by atoms with Gasteiger partial charge in [0.2, 0.25) is 5.13 Å². The second-order valence-electron chi connectivity index (χ2n) is 3.66. The zero-order chi connectivity index (χ0) is 13.9. The van der Waals surface area contributed by atoms with Gasteiger partial charge in [-0.15, -0.1) is 15.3 Å². The van der Waals surface area contributed by atoms with E-state index in [2.05, 4.69) is 30.4 Å². The molecule has 0 saturated heterocycles. The summed E-state index contributed by atoms with van der Waals surface area (Å²) < 4.78 is 9.08. The number of nitrogens with one attached hydrogen (secondary N) is 2. The molecule has 3 rings (SSSR count). The zero-order valence-corrected chi connectivity index (χ0v) is 12.6. The molecule has 0 unspecified atom stereocenters. The molecule has 0 saturated carbocycles. The van der Waals surface area contributed by atoms with Gasteiger partial charge in [-0.2, -0.15) is 0 Å². The van der Waals surface area contributed by atoms with Gasteiger partial charge >= 0.3 is 0 Å². The maximum absolute atomic E-state index is 5.26. The van der Waals surface area contributed by atoms with Crippen LogP contribution in [0.5, 0.6) is 0 Å². The minimum Gasteiger partial charge on any atom is -0.462 e. The minimum absolute atomic E-state index is 0.418. The van der Waals surface area contributed by atoms with Crippen molar-refractivity contribution >= 4 is 50.3 Å². The van der Waals surface area contributed by atoms with Crippen LogP contribution in [0.4, 0.5) is 10.1 Å². The second-order valence-corrected chi connectivity index (χ2v) is 5.80. The average Bonchev–Trinajstić information content (AvgIpc) is 3.12. The monoisotopic (exact) mass is 324 g/mol. The molecule has 0 aromatic carbocycles. The van der Waals surface area contributed by atoms with Crippen LogP contribution in [0.25, 0.3) is 10.8 Å². The third kappa shape index (κ3) is 2.81. The van der Waals surface area contributed by atoms with Crippen LogP contribution >= 0.6 is 35.1 Å². The van der Waals surface area contributed by atoms with Gasteiger partial charge in [-0.3, -0.25) is 0 Å². The Labute approximate surface area is 127 Å². The van der Waals surface area contributed by atoms with Gasteiger partial charge in [0.1, 0.15) is 5.00 Å². The van der Waals surface area contributed by atoms with Crippen molar-refractivity contribution in [1.82, 2.24) is 19.8 Å². The average molecular weight is 324 g/mol.